The summed E-state index contributed by atoms with van der Waals surface area (Å²) in [5.74, 6) is 0.961. The molecule has 0 unspecified atom stereocenters. The van der Waals surface area contributed by atoms with E-state index in [1.165, 1.54) is 5.56 Å². The van der Waals surface area contributed by atoms with E-state index in [1.54, 1.807) is 7.11 Å². The van der Waals surface area contributed by atoms with Gasteiger partial charge in [-0.2, -0.15) is 0 Å². The molecule has 0 saturated heterocycles. The summed E-state index contributed by atoms with van der Waals surface area (Å²) in [5, 5.41) is 0. The van der Waals surface area contributed by atoms with Gasteiger partial charge in [-0.15, -0.1) is 0 Å². The lowest BCUT2D eigenvalue weighted by Gasteiger charge is -2.07. The van der Waals surface area contributed by atoms with Crippen LogP contribution in [0.3, 0.4) is 0 Å². The van der Waals surface area contributed by atoms with Crippen LogP contribution in [-0.4, -0.2) is 20.3 Å². The SMILES string of the molecule is CCCCOc1cccc(CCNOC)c1. The lowest BCUT2D eigenvalue weighted by atomic mass is 10.1. The molecule has 0 aromatic heterocycles. The Morgan fingerprint density at radius 3 is 2.94 bits per heavy atom. The van der Waals surface area contributed by atoms with E-state index in [4.69, 9.17) is 9.57 Å². The summed E-state index contributed by atoms with van der Waals surface area (Å²) in [6, 6.07) is 8.23. The van der Waals surface area contributed by atoms with E-state index >= 15 is 0 Å². The van der Waals surface area contributed by atoms with Crippen LogP contribution in [0, 0.1) is 0 Å². The zero-order chi connectivity index (χ0) is 11.6. The van der Waals surface area contributed by atoms with Gasteiger partial charge in [0.25, 0.3) is 0 Å². The predicted octanol–water partition coefficient (Wildman–Crippen LogP) is 2.56. The molecule has 3 nitrogen and oxygen atoms in total. The Labute approximate surface area is 97.7 Å². The molecule has 0 heterocycles. The maximum absolute atomic E-state index is 5.64. The second-order valence-corrected chi connectivity index (χ2v) is 3.70. The van der Waals surface area contributed by atoms with Crippen LogP contribution in [0.1, 0.15) is 25.3 Å². The summed E-state index contributed by atoms with van der Waals surface area (Å²) in [5.41, 5.74) is 4.09. The number of unbranched alkanes of at least 4 members (excludes halogenated alkanes) is 1. The van der Waals surface area contributed by atoms with Crippen molar-refractivity contribution in [3.05, 3.63) is 29.8 Å². The molecule has 16 heavy (non-hydrogen) atoms. The Balaban J connectivity index is 2.37. The molecule has 0 bridgehead atoms. The first kappa shape index (κ1) is 13.0. The predicted molar refractivity (Wildman–Crippen MR) is 65.6 cm³/mol. The molecule has 0 spiro atoms. The molecule has 1 aromatic carbocycles. The summed E-state index contributed by atoms with van der Waals surface area (Å²) in [6.45, 7) is 3.78. The summed E-state index contributed by atoms with van der Waals surface area (Å²) < 4.78 is 5.64. The average molecular weight is 223 g/mol. The number of rotatable bonds is 8. The molecule has 0 aliphatic rings. The van der Waals surface area contributed by atoms with E-state index in [9.17, 15) is 0 Å². The molecule has 0 fully saturated rings. The van der Waals surface area contributed by atoms with Gasteiger partial charge >= 0.3 is 0 Å². The Bertz CT molecular complexity index is 264. The van der Waals surface area contributed by atoms with Crippen LogP contribution in [0.5, 0.6) is 5.75 Å². The maximum Gasteiger partial charge on any atom is 0.119 e. The van der Waals surface area contributed by atoms with E-state index in [2.05, 4.69) is 24.5 Å². The molecule has 0 atom stereocenters. The molecule has 0 saturated carbocycles. The van der Waals surface area contributed by atoms with Crippen molar-refractivity contribution in [1.82, 2.24) is 5.48 Å². The normalized spacial score (nSPS) is 10.4. The van der Waals surface area contributed by atoms with Crippen molar-refractivity contribution in [2.45, 2.75) is 26.2 Å². The van der Waals surface area contributed by atoms with Crippen molar-refractivity contribution in [3.8, 4) is 5.75 Å². The minimum atomic E-state index is 0.802. The van der Waals surface area contributed by atoms with Crippen molar-refractivity contribution >= 4 is 0 Å². The third-order valence-electron chi connectivity index (χ3n) is 2.33. The molecular weight excluding hydrogens is 202 g/mol. The number of ether oxygens (including phenoxy) is 1. The maximum atomic E-state index is 5.64. The van der Waals surface area contributed by atoms with Gasteiger partial charge in [0.1, 0.15) is 5.75 Å². The topological polar surface area (TPSA) is 30.5 Å². The number of hydrogen-bond donors (Lipinski definition) is 1. The van der Waals surface area contributed by atoms with Crippen molar-refractivity contribution in [1.29, 1.82) is 0 Å². The summed E-state index contributed by atoms with van der Waals surface area (Å²) >= 11 is 0. The van der Waals surface area contributed by atoms with Crippen LogP contribution in [0.2, 0.25) is 0 Å². The zero-order valence-electron chi connectivity index (χ0n) is 10.2. The highest BCUT2D eigenvalue weighted by Gasteiger charge is 1.97. The monoisotopic (exact) mass is 223 g/mol. The fourth-order valence-corrected chi connectivity index (χ4v) is 1.42. The van der Waals surface area contributed by atoms with E-state index in [-0.39, 0.29) is 0 Å². The van der Waals surface area contributed by atoms with Gasteiger partial charge in [-0.25, -0.2) is 5.48 Å². The molecule has 0 aliphatic carbocycles. The molecule has 0 radical (unpaired) electrons. The summed E-state index contributed by atoms with van der Waals surface area (Å²) in [6.07, 6.45) is 3.21. The minimum absolute atomic E-state index is 0.802. The van der Waals surface area contributed by atoms with Gasteiger partial charge in [0.15, 0.2) is 0 Å². The molecule has 1 N–H and O–H groups in total. The zero-order valence-corrected chi connectivity index (χ0v) is 10.2. The molecule has 3 heteroatoms. The third-order valence-corrected chi connectivity index (χ3v) is 2.33. The summed E-state index contributed by atoms with van der Waals surface area (Å²) in [7, 11) is 1.63. The van der Waals surface area contributed by atoms with E-state index in [0.29, 0.717) is 0 Å². The Morgan fingerprint density at radius 2 is 2.19 bits per heavy atom. The quantitative estimate of drug-likeness (QED) is 0.542. The smallest absolute Gasteiger partial charge is 0.119 e. The lowest BCUT2D eigenvalue weighted by molar-refractivity contribution is 0.0928. The average Bonchev–Trinajstić information content (AvgIpc) is 2.30. The van der Waals surface area contributed by atoms with Crippen LogP contribution < -0.4 is 10.2 Å². The standard InChI is InChI=1S/C13H21NO2/c1-3-4-10-16-13-7-5-6-12(11-13)8-9-14-15-2/h5-7,11,14H,3-4,8-10H2,1-2H3. The lowest BCUT2D eigenvalue weighted by Crippen LogP contribution is -2.15. The van der Waals surface area contributed by atoms with Crippen LogP contribution >= 0.6 is 0 Å². The second kappa shape index (κ2) is 8.13. The largest absolute Gasteiger partial charge is 0.494 e. The highest BCUT2D eigenvalue weighted by atomic mass is 16.6. The first-order chi connectivity index (χ1) is 7.86. The third kappa shape index (κ3) is 5.14. The van der Waals surface area contributed by atoms with Crippen molar-refractivity contribution < 1.29 is 9.57 Å². The van der Waals surface area contributed by atoms with E-state index < -0.39 is 0 Å². The van der Waals surface area contributed by atoms with Crippen LogP contribution in [0.15, 0.2) is 24.3 Å². The van der Waals surface area contributed by atoms with Gasteiger partial charge in [0, 0.05) is 6.54 Å². The Morgan fingerprint density at radius 1 is 1.31 bits per heavy atom. The molecule has 0 aliphatic heterocycles. The number of hydrogen-bond acceptors (Lipinski definition) is 3. The first-order valence-corrected chi connectivity index (χ1v) is 5.84. The van der Waals surface area contributed by atoms with E-state index in [0.717, 1.165) is 38.2 Å². The van der Waals surface area contributed by atoms with Gasteiger partial charge in [-0.1, -0.05) is 25.5 Å². The molecule has 90 valence electrons. The van der Waals surface area contributed by atoms with E-state index in [1.807, 2.05) is 12.1 Å². The van der Waals surface area contributed by atoms with Crippen LogP contribution in [0.4, 0.5) is 0 Å². The highest BCUT2D eigenvalue weighted by molar-refractivity contribution is 5.28. The first-order valence-electron chi connectivity index (χ1n) is 5.84. The van der Waals surface area contributed by atoms with Gasteiger partial charge in [0.05, 0.1) is 13.7 Å². The van der Waals surface area contributed by atoms with Gasteiger partial charge < -0.3 is 9.57 Å². The Kier molecular flexibility index (Phi) is 6.61. The number of nitrogens with one attached hydrogen (secondary N) is 1. The van der Waals surface area contributed by atoms with Gasteiger partial charge in [-0.3, -0.25) is 0 Å². The fraction of sp³-hybridized carbons (Fsp3) is 0.538. The second-order valence-electron chi connectivity index (χ2n) is 3.70. The summed E-state index contributed by atoms with van der Waals surface area (Å²) in [4.78, 5) is 4.79. The van der Waals surface area contributed by atoms with Gasteiger partial charge in [-0.05, 0) is 30.5 Å². The van der Waals surface area contributed by atoms with Crippen LogP contribution in [0.25, 0.3) is 0 Å². The van der Waals surface area contributed by atoms with Crippen molar-refractivity contribution in [2.24, 2.45) is 0 Å². The van der Waals surface area contributed by atoms with Crippen molar-refractivity contribution in [2.75, 3.05) is 20.3 Å². The highest BCUT2D eigenvalue weighted by Crippen LogP contribution is 2.14. The molecular formula is C13H21NO2. The van der Waals surface area contributed by atoms with Gasteiger partial charge in [0.2, 0.25) is 0 Å². The van der Waals surface area contributed by atoms with Crippen molar-refractivity contribution in [3.63, 3.8) is 0 Å². The molecule has 0 amide bonds. The molecule has 1 rings (SSSR count). The number of hydroxylamine groups is 1. The Hall–Kier alpha value is -1.06. The molecule has 1 aromatic rings. The number of benzene rings is 1. The van der Waals surface area contributed by atoms with Crippen LogP contribution in [-0.2, 0) is 11.3 Å². The fourth-order valence-electron chi connectivity index (χ4n) is 1.42. The minimum Gasteiger partial charge on any atom is -0.494 e.